The molecule has 0 unspecified atom stereocenters. The summed E-state index contributed by atoms with van der Waals surface area (Å²) < 4.78 is 33.8. The number of aromatic nitrogens is 1. The van der Waals surface area contributed by atoms with Crippen LogP contribution in [0.5, 0.6) is 5.75 Å². The van der Waals surface area contributed by atoms with Crippen molar-refractivity contribution in [1.82, 2.24) is 4.98 Å². The fourth-order valence-electron chi connectivity index (χ4n) is 3.77. The van der Waals surface area contributed by atoms with E-state index in [2.05, 4.69) is 15.0 Å². The largest absolute Gasteiger partial charge is 0.497 e. The molecule has 3 aromatic carbocycles. The number of halogens is 1. The number of rotatable bonds is 5. The molecule has 0 bridgehead atoms. The molecule has 0 saturated carbocycles. The van der Waals surface area contributed by atoms with Crippen molar-refractivity contribution in [3.63, 3.8) is 0 Å². The maximum Gasteiger partial charge on any atom is 0.261 e. The van der Waals surface area contributed by atoms with Crippen LogP contribution in [0.4, 0.5) is 11.4 Å². The Morgan fingerprint density at radius 1 is 1.06 bits per heavy atom. The van der Waals surface area contributed by atoms with Gasteiger partial charge in [-0.15, -0.1) is 0 Å². The van der Waals surface area contributed by atoms with Gasteiger partial charge >= 0.3 is 0 Å². The lowest BCUT2D eigenvalue weighted by Gasteiger charge is -2.10. The van der Waals surface area contributed by atoms with Crippen LogP contribution in [0.2, 0.25) is 5.02 Å². The van der Waals surface area contributed by atoms with E-state index < -0.39 is 10.0 Å². The molecule has 0 aliphatic carbocycles. The van der Waals surface area contributed by atoms with Crippen LogP contribution >= 0.6 is 11.6 Å². The Morgan fingerprint density at radius 2 is 1.91 bits per heavy atom. The van der Waals surface area contributed by atoms with Gasteiger partial charge in [-0.1, -0.05) is 17.7 Å². The second-order valence-electron chi connectivity index (χ2n) is 7.49. The standard InChI is InChI=1S/C24H18ClN3O4S/c1-32-17-5-7-22-19(11-17)14(13-26-22)9-21-20-12-18(6-8-23(20)27-24(21)29)33(30,31)28-16-4-2-3-15(25)10-16/h2-13,26,28H,1H3,(H,27,29)/b21-9+. The number of carbonyl (C=O) groups excluding carboxylic acids is 1. The SMILES string of the molecule is COc1ccc2[nH]cc(/C=C3/C(=O)Nc4ccc(S(=O)(=O)Nc5cccc(Cl)c5)cc43)c2c1. The van der Waals surface area contributed by atoms with Crippen molar-refractivity contribution in [2.24, 2.45) is 0 Å². The van der Waals surface area contributed by atoms with Gasteiger partial charge < -0.3 is 15.0 Å². The zero-order chi connectivity index (χ0) is 23.2. The fraction of sp³-hybridized carbons (Fsp3) is 0.0417. The van der Waals surface area contributed by atoms with Crippen molar-refractivity contribution in [2.45, 2.75) is 4.90 Å². The summed E-state index contributed by atoms with van der Waals surface area (Å²) in [5, 5.41) is 4.09. The Morgan fingerprint density at radius 3 is 2.70 bits per heavy atom. The molecule has 1 amide bonds. The molecule has 0 atom stereocenters. The molecule has 1 aliphatic rings. The van der Waals surface area contributed by atoms with Crippen LogP contribution in [-0.4, -0.2) is 26.4 Å². The number of sulfonamides is 1. The number of benzene rings is 3. The van der Waals surface area contributed by atoms with Crippen LogP contribution in [0.3, 0.4) is 0 Å². The van der Waals surface area contributed by atoms with Gasteiger partial charge in [0.2, 0.25) is 0 Å². The van der Waals surface area contributed by atoms with Gasteiger partial charge in [0.1, 0.15) is 5.75 Å². The topological polar surface area (TPSA) is 100 Å². The summed E-state index contributed by atoms with van der Waals surface area (Å²) in [7, 11) is -2.31. The second kappa shape index (κ2) is 7.99. The van der Waals surface area contributed by atoms with Crippen LogP contribution in [0.1, 0.15) is 11.1 Å². The van der Waals surface area contributed by atoms with E-state index >= 15 is 0 Å². The van der Waals surface area contributed by atoms with Crippen LogP contribution in [0, 0.1) is 0 Å². The average molecular weight is 480 g/mol. The number of amides is 1. The first-order valence-electron chi connectivity index (χ1n) is 9.95. The van der Waals surface area contributed by atoms with E-state index in [1.165, 1.54) is 18.2 Å². The minimum atomic E-state index is -3.90. The van der Waals surface area contributed by atoms with E-state index in [9.17, 15) is 13.2 Å². The van der Waals surface area contributed by atoms with E-state index in [4.69, 9.17) is 16.3 Å². The zero-order valence-electron chi connectivity index (χ0n) is 17.3. The Labute approximate surface area is 195 Å². The molecular weight excluding hydrogens is 462 g/mol. The highest BCUT2D eigenvalue weighted by atomic mass is 35.5. The molecule has 1 aromatic heterocycles. The number of fused-ring (bicyclic) bond motifs is 2. The molecule has 7 nitrogen and oxygen atoms in total. The summed E-state index contributed by atoms with van der Waals surface area (Å²) in [6.45, 7) is 0. The van der Waals surface area contributed by atoms with E-state index in [1.807, 2.05) is 18.2 Å². The van der Waals surface area contributed by atoms with Crippen molar-refractivity contribution < 1.29 is 17.9 Å². The smallest absolute Gasteiger partial charge is 0.261 e. The molecule has 2 heterocycles. The molecule has 5 rings (SSSR count). The average Bonchev–Trinajstić information content (AvgIpc) is 3.33. The number of anilines is 2. The molecule has 33 heavy (non-hydrogen) atoms. The number of aromatic amines is 1. The maximum absolute atomic E-state index is 13.0. The summed E-state index contributed by atoms with van der Waals surface area (Å²) in [4.78, 5) is 15.9. The highest BCUT2D eigenvalue weighted by Crippen LogP contribution is 2.36. The van der Waals surface area contributed by atoms with Crippen LogP contribution in [0.25, 0.3) is 22.6 Å². The van der Waals surface area contributed by atoms with Crippen molar-refractivity contribution in [1.29, 1.82) is 0 Å². The minimum Gasteiger partial charge on any atom is -0.497 e. The van der Waals surface area contributed by atoms with E-state index in [0.717, 1.165) is 16.5 Å². The third-order valence-electron chi connectivity index (χ3n) is 5.38. The number of methoxy groups -OCH3 is 1. The summed E-state index contributed by atoms with van der Waals surface area (Å²) in [6.07, 6.45) is 3.53. The molecule has 0 saturated heterocycles. The van der Waals surface area contributed by atoms with Gasteiger partial charge in [-0.25, -0.2) is 8.42 Å². The van der Waals surface area contributed by atoms with Crippen LogP contribution < -0.4 is 14.8 Å². The van der Waals surface area contributed by atoms with Gasteiger partial charge in [-0.3, -0.25) is 9.52 Å². The van der Waals surface area contributed by atoms with Crippen molar-refractivity contribution >= 4 is 61.5 Å². The highest BCUT2D eigenvalue weighted by Gasteiger charge is 2.27. The Bertz CT molecular complexity index is 1560. The van der Waals surface area contributed by atoms with Crippen molar-refractivity contribution in [2.75, 3.05) is 17.1 Å². The summed E-state index contributed by atoms with van der Waals surface area (Å²) >= 11 is 5.96. The third-order valence-corrected chi connectivity index (χ3v) is 7.00. The van der Waals surface area contributed by atoms with Crippen LogP contribution in [-0.2, 0) is 14.8 Å². The second-order valence-corrected chi connectivity index (χ2v) is 9.61. The number of ether oxygens (including phenoxy) is 1. The van der Waals surface area contributed by atoms with E-state index in [0.29, 0.717) is 33.3 Å². The van der Waals surface area contributed by atoms with Crippen molar-refractivity contribution in [3.8, 4) is 5.75 Å². The molecule has 166 valence electrons. The number of hydrogen-bond acceptors (Lipinski definition) is 4. The maximum atomic E-state index is 13.0. The van der Waals surface area contributed by atoms with Gasteiger partial charge in [-0.05, 0) is 60.7 Å². The van der Waals surface area contributed by atoms with Gasteiger partial charge in [0, 0.05) is 44.5 Å². The number of carbonyl (C=O) groups is 1. The van der Waals surface area contributed by atoms with Crippen LogP contribution in [0.15, 0.2) is 71.8 Å². The lowest BCUT2D eigenvalue weighted by molar-refractivity contribution is -0.110. The number of H-pyrrole nitrogens is 1. The molecule has 0 spiro atoms. The molecule has 1 aliphatic heterocycles. The first kappa shape index (κ1) is 21.1. The monoisotopic (exact) mass is 479 g/mol. The molecule has 0 radical (unpaired) electrons. The predicted molar refractivity (Wildman–Crippen MR) is 130 cm³/mol. The van der Waals surface area contributed by atoms with Gasteiger partial charge in [0.25, 0.3) is 15.9 Å². The molecule has 4 aromatic rings. The Balaban J connectivity index is 1.55. The number of hydrogen-bond donors (Lipinski definition) is 3. The lowest BCUT2D eigenvalue weighted by Crippen LogP contribution is -2.13. The lowest BCUT2D eigenvalue weighted by atomic mass is 10.0. The summed E-state index contributed by atoms with van der Waals surface area (Å²) in [5.41, 5.74) is 3.45. The Hall–Kier alpha value is -3.75. The Kier molecular flexibility index (Phi) is 5.11. The van der Waals surface area contributed by atoms with Gasteiger partial charge in [-0.2, -0.15) is 0 Å². The quantitative estimate of drug-likeness (QED) is 0.346. The number of nitrogens with one attached hydrogen (secondary N) is 3. The van der Waals surface area contributed by atoms with Crippen molar-refractivity contribution in [3.05, 3.63) is 83.0 Å². The molecule has 3 N–H and O–H groups in total. The summed E-state index contributed by atoms with van der Waals surface area (Å²) in [5.74, 6) is 0.387. The van der Waals surface area contributed by atoms with Gasteiger partial charge in [0.15, 0.2) is 0 Å². The minimum absolute atomic E-state index is 0.0317. The molecular formula is C24H18ClN3O4S. The molecule has 0 fully saturated rings. The van der Waals surface area contributed by atoms with E-state index in [1.54, 1.807) is 43.6 Å². The normalized spacial score (nSPS) is 14.4. The first-order chi connectivity index (χ1) is 15.8. The highest BCUT2D eigenvalue weighted by molar-refractivity contribution is 7.92. The first-order valence-corrected chi connectivity index (χ1v) is 11.8. The van der Waals surface area contributed by atoms with Gasteiger partial charge in [0.05, 0.1) is 17.7 Å². The summed E-state index contributed by atoms with van der Waals surface area (Å²) in [6, 6.07) is 16.6. The fourth-order valence-corrected chi connectivity index (χ4v) is 5.03. The zero-order valence-corrected chi connectivity index (χ0v) is 18.9. The third kappa shape index (κ3) is 3.94. The molecule has 9 heteroatoms. The predicted octanol–water partition coefficient (Wildman–Crippen LogP) is 5.12. The van der Waals surface area contributed by atoms with E-state index in [-0.39, 0.29) is 10.8 Å².